The minimum Gasteiger partial charge on any atom is -0.462 e. The maximum Gasteiger partial charge on any atom is 0.348 e. The van der Waals surface area contributed by atoms with E-state index < -0.39 is 5.97 Å². The summed E-state index contributed by atoms with van der Waals surface area (Å²) >= 11 is 0. The van der Waals surface area contributed by atoms with E-state index in [0.29, 0.717) is 6.61 Å². The Balaban J connectivity index is 2.74. The molecule has 1 aliphatic rings. The Morgan fingerprint density at radius 1 is 1.61 bits per heavy atom. The fraction of sp³-hybridized carbons (Fsp3) is 0.714. The highest BCUT2D eigenvalue weighted by atomic mass is 16.5. The van der Waals surface area contributed by atoms with Crippen LogP contribution in [0.15, 0.2) is 11.6 Å². The summed E-state index contributed by atoms with van der Waals surface area (Å²) in [6, 6.07) is 1.93. The number of esters is 1. The molecule has 1 heterocycles. The number of nitriles is 1. The van der Waals surface area contributed by atoms with Crippen LogP contribution in [-0.2, 0) is 14.3 Å². The Labute approximate surface area is 109 Å². The number of carbonyl (C=O) groups is 1. The third-order valence-corrected chi connectivity index (χ3v) is 3.40. The van der Waals surface area contributed by atoms with Gasteiger partial charge in [-0.2, -0.15) is 5.26 Å². The number of allylic oxidation sites excluding steroid dienone is 1. The summed E-state index contributed by atoms with van der Waals surface area (Å²) in [5, 5.41) is 8.99. The molecule has 1 aliphatic heterocycles. The minimum atomic E-state index is -0.523. The van der Waals surface area contributed by atoms with Gasteiger partial charge in [-0.1, -0.05) is 13.0 Å². The SMILES string of the molecule is CCOC(=O)/C(C#N)=C/[C@H]1CCO[C@@](C)(CC)C1. The monoisotopic (exact) mass is 251 g/mol. The molecule has 0 aliphatic carbocycles. The Morgan fingerprint density at radius 2 is 2.33 bits per heavy atom. The Kier molecular flexibility index (Phi) is 5.36. The topological polar surface area (TPSA) is 59.3 Å². The van der Waals surface area contributed by atoms with Gasteiger partial charge in [-0.25, -0.2) is 4.79 Å². The molecule has 0 amide bonds. The van der Waals surface area contributed by atoms with Crippen LogP contribution in [0.1, 0.15) is 40.0 Å². The number of ether oxygens (including phenoxy) is 2. The van der Waals surface area contributed by atoms with Gasteiger partial charge in [0.05, 0.1) is 12.2 Å². The van der Waals surface area contributed by atoms with Gasteiger partial charge in [-0.3, -0.25) is 0 Å². The summed E-state index contributed by atoms with van der Waals surface area (Å²) in [5.74, 6) is -0.313. The quantitative estimate of drug-likeness (QED) is 0.438. The van der Waals surface area contributed by atoms with E-state index in [1.807, 2.05) is 6.07 Å². The molecule has 0 bridgehead atoms. The van der Waals surface area contributed by atoms with Crippen molar-refractivity contribution in [2.24, 2.45) is 5.92 Å². The van der Waals surface area contributed by atoms with Gasteiger partial charge < -0.3 is 9.47 Å². The second kappa shape index (κ2) is 6.55. The van der Waals surface area contributed by atoms with E-state index in [-0.39, 0.29) is 23.7 Å². The van der Waals surface area contributed by atoms with Crippen LogP contribution in [0.2, 0.25) is 0 Å². The van der Waals surface area contributed by atoms with Crippen LogP contribution in [-0.4, -0.2) is 24.8 Å². The Morgan fingerprint density at radius 3 is 2.89 bits per heavy atom. The normalized spacial score (nSPS) is 28.6. The predicted octanol–water partition coefficient (Wildman–Crippen LogP) is 2.59. The van der Waals surface area contributed by atoms with Crippen molar-refractivity contribution >= 4 is 5.97 Å². The van der Waals surface area contributed by atoms with Crippen LogP contribution < -0.4 is 0 Å². The molecule has 0 saturated carbocycles. The van der Waals surface area contributed by atoms with Crippen molar-refractivity contribution in [1.29, 1.82) is 5.26 Å². The molecule has 0 unspecified atom stereocenters. The van der Waals surface area contributed by atoms with Gasteiger partial charge in [0.25, 0.3) is 0 Å². The van der Waals surface area contributed by atoms with Crippen molar-refractivity contribution in [3.8, 4) is 6.07 Å². The van der Waals surface area contributed by atoms with Gasteiger partial charge in [0.2, 0.25) is 0 Å². The first kappa shape index (κ1) is 14.7. The molecular weight excluding hydrogens is 230 g/mol. The van der Waals surface area contributed by atoms with Crippen molar-refractivity contribution in [1.82, 2.24) is 0 Å². The average molecular weight is 251 g/mol. The van der Waals surface area contributed by atoms with Crippen molar-refractivity contribution in [3.63, 3.8) is 0 Å². The molecule has 1 saturated heterocycles. The van der Waals surface area contributed by atoms with E-state index in [1.165, 1.54) is 0 Å². The van der Waals surface area contributed by atoms with Crippen LogP contribution in [0.4, 0.5) is 0 Å². The smallest absolute Gasteiger partial charge is 0.348 e. The molecule has 0 aromatic rings. The molecule has 4 nitrogen and oxygen atoms in total. The maximum atomic E-state index is 11.5. The van der Waals surface area contributed by atoms with Crippen LogP contribution in [0, 0.1) is 17.2 Å². The molecule has 1 rings (SSSR count). The highest BCUT2D eigenvalue weighted by Gasteiger charge is 2.31. The first-order valence-electron chi connectivity index (χ1n) is 6.47. The highest BCUT2D eigenvalue weighted by Crippen LogP contribution is 2.32. The van der Waals surface area contributed by atoms with Crippen LogP contribution in [0.3, 0.4) is 0 Å². The van der Waals surface area contributed by atoms with E-state index in [4.69, 9.17) is 14.7 Å². The van der Waals surface area contributed by atoms with Gasteiger partial charge >= 0.3 is 5.97 Å². The zero-order chi connectivity index (χ0) is 13.6. The summed E-state index contributed by atoms with van der Waals surface area (Å²) in [5.41, 5.74) is -0.0311. The molecule has 2 atom stereocenters. The Hall–Kier alpha value is -1.34. The lowest BCUT2D eigenvalue weighted by Gasteiger charge is -2.36. The van der Waals surface area contributed by atoms with Crippen molar-refractivity contribution < 1.29 is 14.3 Å². The van der Waals surface area contributed by atoms with Gasteiger partial charge in [-0.05, 0) is 39.0 Å². The van der Waals surface area contributed by atoms with Gasteiger partial charge in [0.15, 0.2) is 0 Å². The summed E-state index contributed by atoms with van der Waals surface area (Å²) in [6.07, 6.45) is 4.36. The first-order chi connectivity index (χ1) is 8.54. The summed E-state index contributed by atoms with van der Waals surface area (Å²) < 4.78 is 10.6. The molecule has 100 valence electrons. The number of hydrogen-bond donors (Lipinski definition) is 0. The Bertz CT molecular complexity index is 370. The molecule has 4 heteroatoms. The lowest BCUT2D eigenvalue weighted by molar-refractivity contribution is -0.138. The first-order valence-corrected chi connectivity index (χ1v) is 6.47. The van der Waals surface area contributed by atoms with Crippen LogP contribution in [0.5, 0.6) is 0 Å². The fourth-order valence-corrected chi connectivity index (χ4v) is 2.16. The van der Waals surface area contributed by atoms with Gasteiger partial charge in [0, 0.05) is 6.61 Å². The average Bonchev–Trinajstić information content (AvgIpc) is 2.36. The molecule has 1 fully saturated rings. The number of rotatable bonds is 4. The largest absolute Gasteiger partial charge is 0.462 e. The maximum absolute atomic E-state index is 11.5. The zero-order valence-electron chi connectivity index (χ0n) is 11.4. The van der Waals surface area contributed by atoms with Crippen molar-refractivity contribution in [2.45, 2.75) is 45.6 Å². The third kappa shape index (κ3) is 3.85. The molecule has 0 aromatic heterocycles. The zero-order valence-corrected chi connectivity index (χ0v) is 11.4. The molecule has 0 aromatic carbocycles. The number of carbonyl (C=O) groups excluding carboxylic acids is 1. The second-order valence-electron chi connectivity index (χ2n) is 4.82. The molecule has 0 N–H and O–H groups in total. The van der Waals surface area contributed by atoms with Crippen molar-refractivity contribution in [3.05, 3.63) is 11.6 Å². The van der Waals surface area contributed by atoms with E-state index in [0.717, 1.165) is 19.3 Å². The highest BCUT2D eigenvalue weighted by molar-refractivity contribution is 5.92. The van der Waals surface area contributed by atoms with E-state index in [9.17, 15) is 4.79 Å². The van der Waals surface area contributed by atoms with E-state index in [1.54, 1.807) is 13.0 Å². The van der Waals surface area contributed by atoms with E-state index in [2.05, 4.69) is 13.8 Å². The predicted molar refractivity (Wildman–Crippen MR) is 67.7 cm³/mol. The van der Waals surface area contributed by atoms with Gasteiger partial charge in [-0.15, -0.1) is 0 Å². The summed E-state index contributed by atoms with van der Waals surface area (Å²) in [6.45, 7) is 6.85. The molecule has 18 heavy (non-hydrogen) atoms. The number of nitrogens with zero attached hydrogens (tertiary/aromatic N) is 1. The van der Waals surface area contributed by atoms with Crippen molar-refractivity contribution in [2.75, 3.05) is 13.2 Å². The minimum absolute atomic E-state index is 0.113. The fourth-order valence-electron chi connectivity index (χ4n) is 2.16. The molecular formula is C14H21NO3. The van der Waals surface area contributed by atoms with Crippen LogP contribution in [0.25, 0.3) is 0 Å². The van der Waals surface area contributed by atoms with E-state index >= 15 is 0 Å². The molecule has 0 radical (unpaired) electrons. The number of hydrogen-bond acceptors (Lipinski definition) is 4. The summed E-state index contributed by atoms with van der Waals surface area (Å²) in [4.78, 5) is 11.5. The third-order valence-electron chi connectivity index (χ3n) is 3.40. The standard InChI is InChI=1S/C14H21NO3/c1-4-14(3)9-11(6-7-18-14)8-12(10-15)13(16)17-5-2/h8,11H,4-7,9H2,1-3H3/b12-8+/t11-,14+/m1/s1. The van der Waals surface area contributed by atoms with Crippen LogP contribution >= 0.6 is 0 Å². The second-order valence-corrected chi connectivity index (χ2v) is 4.82. The lowest BCUT2D eigenvalue weighted by atomic mass is 9.84. The summed E-state index contributed by atoms with van der Waals surface area (Å²) in [7, 11) is 0. The van der Waals surface area contributed by atoms with Gasteiger partial charge in [0.1, 0.15) is 11.6 Å². The lowest BCUT2D eigenvalue weighted by Crippen LogP contribution is -2.36. The molecule has 0 spiro atoms.